The van der Waals surface area contributed by atoms with Crippen molar-refractivity contribution in [1.29, 1.82) is 0 Å². The lowest BCUT2D eigenvalue weighted by Gasteiger charge is -2.23. The molecule has 178 valence electrons. The molecule has 1 aliphatic heterocycles. The van der Waals surface area contributed by atoms with Gasteiger partial charge in [0.2, 0.25) is 5.88 Å². The second kappa shape index (κ2) is 8.95. The number of nitrogens with one attached hydrogen (secondary N) is 2. The van der Waals surface area contributed by atoms with Gasteiger partial charge < -0.3 is 15.4 Å². The van der Waals surface area contributed by atoms with Crippen LogP contribution in [0.2, 0.25) is 0 Å². The Bertz CT molecular complexity index is 1420. The van der Waals surface area contributed by atoms with E-state index in [9.17, 15) is 18.0 Å². The largest absolute Gasteiger partial charge is 0.439 e. The third kappa shape index (κ3) is 4.78. The molecule has 0 unspecified atom stereocenters. The number of pyridine rings is 1. The second-order valence-corrected chi connectivity index (χ2v) is 8.26. The van der Waals surface area contributed by atoms with Crippen LogP contribution < -0.4 is 15.4 Å². The van der Waals surface area contributed by atoms with E-state index in [4.69, 9.17) is 4.74 Å². The molecule has 1 aliphatic rings. The number of anilines is 1. The van der Waals surface area contributed by atoms with Crippen molar-refractivity contribution in [3.8, 4) is 11.6 Å². The van der Waals surface area contributed by atoms with Crippen LogP contribution in [0.3, 0.4) is 0 Å². The number of fused-ring (bicyclic) bond motifs is 2. The van der Waals surface area contributed by atoms with Gasteiger partial charge in [0.25, 0.3) is 5.91 Å². The topological polar surface area (TPSA) is 89.0 Å². The lowest BCUT2D eigenvalue weighted by molar-refractivity contribution is -0.137. The van der Waals surface area contributed by atoms with Crippen LogP contribution in [0.25, 0.3) is 10.9 Å². The van der Waals surface area contributed by atoms with Crippen molar-refractivity contribution in [2.75, 3.05) is 5.32 Å². The fourth-order valence-electron chi connectivity index (χ4n) is 4.00. The number of rotatable bonds is 4. The molecule has 0 aliphatic carbocycles. The number of hydrogen-bond acceptors (Lipinski definition) is 6. The van der Waals surface area contributed by atoms with Crippen molar-refractivity contribution in [3.05, 3.63) is 83.4 Å². The van der Waals surface area contributed by atoms with Gasteiger partial charge in [0, 0.05) is 41.5 Å². The first kappa shape index (κ1) is 22.7. The number of carbonyl (C=O) groups is 1. The Morgan fingerprint density at radius 2 is 1.97 bits per heavy atom. The molecule has 0 radical (unpaired) electrons. The minimum atomic E-state index is -4.50. The second-order valence-electron chi connectivity index (χ2n) is 8.26. The van der Waals surface area contributed by atoms with Crippen LogP contribution in [0.15, 0.2) is 61.1 Å². The van der Waals surface area contributed by atoms with Crippen molar-refractivity contribution < 1.29 is 22.7 Å². The first-order valence-corrected chi connectivity index (χ1v) is 10.9. The summed E-state index contributed by atoms with van der Waals surface area (Å²) in [6.07, 6.45) is -0.844. The molecule has 0 fully saturated rings. The van der Waals surface area contributed by atoms with Crippen LogP contribution in [0, 0.1) is 0 Å². The van der Waals surface area contributed by atoms with Gasteiger partial charge in [0.15, 0.2) is 0 Å². The van der Waals surface area contributed by atoms with Crippen LogP contribution in [0.5, 0.6) is 11.6 Å². The lowest BCUT2D eigenvalue weighted by Crippen LogP contribution is -2.33. The van der Waals surface area contributed by atoms with Crippen LogP contribution in [-0.4, -0.2) is 26.9 Å². The third-order valence-electron chi connectivity index (χ3n) is 5.74. The van der Waals surface area contributed by atoms with Crippen molar-refractivity contribution in [3.63, 3.8) is 0 Å². The van der Waals surface area contributed by atoms with Gasteiger partial charge in [-0.2, -0.15) is 13.2 Å². The molecular weight excluding hydrogens is 459 g/mol. The highest BCUT2D eigenvalue weighted by atomic mass is 19.4. The molecule has 5 rings (SSSR count). The third-order valence-corrected chi connectivity index (χ3v) is 5.74. The molecule has 10 heteroatoms. The molecule has 2 N–H and O–H groups in total. The Kier molecular flexibility index (Phi) is 5.81. The maximum Gasteiger partial charge on any atom is 0.416 e. The van der Waals surface area contributed by atoms with Crippen molar-refractivity contribution >= 4 is 22.5 Å². The van der Waals surface area contributed by atoms with Gasteiger partial charge >= 0.3 is 6.18 Å². The van der Waals surface area contributed by atoms with Gasteiger partial charge in [-0.1, -0.05) is 6.07 Å². The number of alkyl halides is 3. The first-order valence-electron chi connectivity index (χ1n) is 10.9. The van der Waals surface area contributed by atoms with Crippen LogP contribution in [0.4, 0.5) is 18.9 Å². The van der Waals surface area contributed by atoms with Gasteiger partial charge in [-0.3, -0.25) is 9.78 Å². The molecule has 4 aromatic rings. The van der Waals surface area contributed by atoms with E-state index in [-0.39, 0.29) is 17.3 Å². The van der Waals surface area contributed by atoms with Crippen LogP contribution in [-0.2, 0) is 19.1 Å². The Morgan fingerprint density at radius 1 is 1.11 bits per heavy atom. The summed E-state index contributed by atoms with van der Waals surface area (Å²) < 4.78 is 45.0. The molecule has 3 heterocycles. The number of hydrogen-bond donors (Lipinski definition) is 2. The summed E-state index contributed by atoms with van der Waals surface area (Å²) in [5.74, 6) is 0.422. The highest BCUT2D eigenvalue weighted by molar-refractivity contribution is 6.12. The highest BCUT2D eigenvalue weighted by Crippen LogP contribution is 2.32. The summed E-state index contributed by atoms with van der Waals surface area (Å²) in [6, 6.07) is 11.4. The molecule has 0 spiro atoms. The average molecular weight is 479 g/mol. The smallest absolute Gasteiger partial charge is 0.416 e. The fraction of sp³-hybridized carbons (Fsp3) is 0.200. The van der Waals surface area contributed by atoms with Gasteiger partial charge in [-0.05, 0) is 49.7 Å². The molecular formula is C25H20F3N5O2. The molecule has 1 atom stereocenters. The molecule has 0 saturated carbocycles. The van der Waals surface area contributed by atoms with E-state index in [0.717, 1.165) is 29.8 Å². The minimum Gasteiger partial charge on any atom is -0.439 e. The Morgan fingerprint density at radius 3 is 2.80 bits per heavy atom. The van der Waals surface area contributed by atoms with E-state index in [1.54, 1.807) is 18.2 Å². The summed E-state index contributed by atoms with van der Waals surface area (Å²) in [6.45, 7) is 2.71. The zero-order chi connectivity index (χ0) is 24.6. The quantitative estimate of drug-likeness (QED) is 0.422. The van der Waals surface area contributed by atoms with Gasteiger partial charge in [0.1, 0.15) is 12.1 Å². The van der Waals surface area contributed by atoms with E-state index < -0.39 is 17.6 Å². The first-order chi connectivity index (χ1) is 16.8. The Labute approximate surface area is 198 Å². The number of nitrogens with zero attached hydrogens (tertiary/aromatic N) is 3. The van der Waals surface area contributed by atoms with Gasteiger partial charge in [-0.25, -0.2) is 9.97 Å². The van der Waals surface area contributed by atoms with Gasteiger partial charge in [0.05, 0.1) is 22.3 Å². The molecule has 7 nitrogen and oxygen atoms in total. The monoisotopic (exact) mass is 479 g/mol. The normalized spacial score (nSPS) is 15.5. The lowest BCUT2D eigenvalue weighted by atomic mass is 10.0. The van der Waals surface area contributed by atoms with E-state index in [0.29, 0.717) is 29.1 Å². The standard InChI is InChI=1S/C25H20F3N5O2/c1-14-9-20-22(12-30-14)31-13-32-24(20)35-17-5-6-18-19(7-8-29-21(18)11-17)23(34)33-16-4-2-3-15(10-16)25(26,27)28/h2-8,10-11,13-14,30H,9,12H2,1H3,(H,33,34)/t14-/m0/s1. The van der Waals surface area contributed by atoms with Crippen LogP contribution in [0.1, 0.15) is 34.1 Å². The summed E-state index contributed by atoms with van der Waals surface area (Å²) in [5, 5.41) is 6.42. The number of ether oxygens (including phenoxy) is 1. The van der Waals surface area contributed by atoms with Crippen molar-refractivity contribution in [2.24, 2.45) is 0 Å². The molecule has 0 bridgehead atoms. The predicted octanol–water partition coefficient (Wildman–Crippen LogP) is 5.12. The zero-order valence-electron chi connectivity index (χ0n) is 18.6. The van der Waals surface area contributed by atoms with E-state index in [1.807, 2.05) is 0 Å². The summed E-state index contributed by atoms with van der Waals surface area (Å²) >= 11 is 0. The number of halogens is 3. The van der Waals surface area contributed by atoms with E-state index >= 15 is 0 Å². The highest BCUT2D eigenvalue weighted by Gasteiger charge is 2.30. The zero-order valence-corrected chi connectivity index (χ0v) is 18.6. The maximum atomic E-state index is 13.0. The van der Waals surface area contributed by atoms with Crippen molar-refractivity contribution in [2.45, 2.75) is 32.1 Å². The van der Waals surface area contributed by atoms with Gasteiger partial charge in [-0.15, -0.1) is 0 Å². The summed E-state index contributed by atoms with van der Waals surface area (Å²) in [7, 11) is 0. The SMILES string of the molecule is C[C@H]1Cc2c(ncnc2Oc2ccc3c(C(=O)Nc4cccc(C(F)(F)F)c4)ccnc3c2)CN1. The number of carbonyl (C=O) groups excluding carboxylic acids is 1. The summed E-state index contributed by atoms with van der Waals surface area (Å²) in [5.41, 5.74) is 1.82. The van der Waals surface area contributed by atoms with Crippen LogP contribution >= 0.6 is 0 Å². The average Bonchev–Trinajstić information content (AvgIpc) is 2.83. The number of aromatic nitrogens is 3. The molecule has 0 saturated heterocycles. The molecule has 35 heavy (non-hydrogen) atoms. The molecule has 2 aromatic carbocycles. The van der Waals surface area contributed by atoms with E-state index in [1.165, 1.54) is 30.7 Å². The van der Waals surface area contributed by atoms with E-state index in [2.05, 4.69) is 32.5 Å². The maximum absolute atomic E-state index is 13.0. The Hall–Kier alpha value is -4.05. The Balaban J connectivity index is 1.41. The summed E-state index contributed by atoms with van der Waals surface area (Å²) in [4.78, 5) is 25.8. The fourth-order valence-corrected chi connectivity index (χ4v) is 4.00. The predicted molar refractivity (Wildman–Crippen MR) is 123 cm³/mol. The number of amides is 1. The minimum absolute atomic E-state index is 0.0481. The van der Waals surface area contributed by atoms with Crippen molar-refractivity contribution in [1.82, 2.24) is 20.3 Å². The molecule has 2 aromatic heterocycles. The number of benzene rings is 2. The molecule has 1 amide bonds.